The van der Waals surface area contributed by atoms with E-state index in [-0.39, 0.29) is 40.4 Å². The van der Waals surface area contributed by atoms with Gasteiger partial charge in [0.25, 0.3) is 0 Å². The number of pyridine rings is 1. The molecule has 1 aromatic heterocycles. The number of hydrogen-bond donors (Lipinski definition) is 3. The minimum atomic E-state index is -1.41. The fraction of sp³-hybridized carbons (Fsp3) is 0.375. The van der Waals surface area contributed by atoms with Gasteiger partial charge in [-0.25, -0.2) is 9.18 Å². The van der Waals surface area contributed by atoms with E-state index in [1.807, 2.05) is 0 Å². The van der Waals surface area contributed by atoms with Crippen molar-refractivity contribution in [2.45, 2.75) is 31.8 Å². The molecule has 0 aliphatic heterocycles. The number of anilines is 1. The average molecular weight is 370 g/mol. The van der Waals surface area contributed by atoms with Crippen LogP contribution in [0.2, 0.25) is 5.02 Å². The summed E-state index contributed by atoms with van der Waals surface area (Å²) in [6, 6.07) is -0.391. The zero-order valence-corrected chi connectivity index (χ0v) is 14.1. The third-order valence-electron chi connectivity index (χ3n) is 4.01. The largest absolute Gasteiger partial charge is 0.487 e. The monoisotopic (exact) mass is 369 g/mol. The van der Waals surface area contributed by atoms with Gasteiger partial charge >= 0.3 is 5.97 Å². The first-order valence-electron chi connectivity index (χ1n) is 7.71. The Bertz CT molecular complexity index is 938. The fourth-order valence-electron chi connectivity index (χ4n) is 2.68. The first-order chi connectivity index (χ1) is 11.7. The molecule has 25 heavy (non-hydrogen) atoms. The van der Waals surface area contributed by atoms with Gasteiger partial charge in [-0.3, -0.25) is 4.79 Å². The molecule has 1 saturated carbocycles. The number of nitrogen functional groups attached to an aromatic ring is 1. The summed E-state index contributed by atoms with van der Waals surface area (Å²) in [7, 11) is 0. The molecule has 1 aliphatic rings. The molecule has 1 fully saturated rings. The smallest absolute Gasteiger partial charge is 0.341 e. The van der Waals surface area contributed by atoms with Gasteiger partial charge in [-0.1, -0.05) is 11.6 Å². The number of carbonyl (C=O) groups is 1. The number of halogens is 2. The van der Waals surface area contributed by atoms with Crippen LogP contribution in [0.25, 0.3) is 10.9 Å². The van der Waals surface area contributed by atoms with E-state index < -0.39 is 28.5 Å². The Labute approximate surface area is 146 Å². The lowest BCUT2D eigenvalue weighted by molar-refractivity contribution is 0.0695. The van der Waals surface area contributed by atoms with Crippen LogP contribution in [0, 0.1) is 5.82 Å². The molecule has 3 rings (SSSR count). The predicted octanol–water partition coefficient (Wildman–Crippen LogP) is 2.14. The number of hydrogen-bond acceptors (Lipinski definition) is 5. The van der Waals surface area contributed by atoms with Crippen LogP contribution in [0.4, 0.5) is 10.1 Å². The lowest BCUT2D eigenvalue weighted by atomic mass is 10.1. The number of aromatic nitrogens is 1. The van der Waals surface area contributed by atoms with Gasteiger partial charge in [-0.05, 0) is 19.8 Å². The summed E-state index contributed by atoms with van der Waals surface area (Å²) >= 11 is 6.31. The van der Waals surface area contributed by atoms with Crippen molar-refractivity contribution >= 4 is 34.2 Å². The Morgan fingerprint density at radius 3 is 2.72 bits per heavy atom. The summed E-state index contributed by atoms with van der Waals surface area (Å²) in [5, 5.41) is 8.89. The van der Waals surface area contributed by atoms with Crippen LogP contribution < -0.4 is 21.6 Å². The fourth-order valence-corrected chi connectivity index (χ4v) is 3.01. The molecule has 1 atom stereocenters. The van der Waals surface area contributed by atoms with Gasteiger partial charge < -0.3 is 25.9 Å². The van der Waals surface area contributed by atoms with Gasteiger partial charge in [-0.15, -0.1) is 0 Å². The number of aromatic carboxylic acids is 1. The van der Waals surface area contributed by atoms with E-state index in [0.717, 1.165) is 12.8 Å². The van der Waals surface area contributed by atoms with Gasteiger partial charge in [0.1, 0.15) is 17.2 Å². The van der Waals surface area contributed by atoms with Crippen molar-refractivity contribution in [3.8, 4) is 5.75 Å². The molecular weight excluding hydrogens is 353 g/mol. The maximum absolute atomic E-state index is 14.6. The zero-order valence-electron chi connectivity index (χ0n) is 13.4. The van der Waals surface area contributed by atoms with Crippen molar-refractivity contribution in [2.24, 2.45) is 5.73 Å². The molecule has 7 nitrogen and oxygen atoms in total. The number of nitrogens with zero attached hydrogens (tertiary/aromatic N) is 1. The third-order valence-corrected chi connectivity index (χ3v) is 4.36. The molecule has 0 radical (unpaired) electrons. The highest BCUT2D eigenvalue weighted by atomic mass is 35.5. The molecule has 5 N–H and O–H groups in total. The summed E-state index contributed by atoms with van der Waals surface area (Å²) in [5.41, 5.74) is 9.75. The molecule has 0 spiro atoms. The van der Waals surface area contributed by atoms with Gasteiger partial charge in [0.15, 0.2) is 11.6 Å². The number of carboxylic acid groups (broad SMARTS) is 1. The van der Waals surface area contributed by atoms with E-state index in [0.29, 0.717) is 0 Å². The molecule has 2 aromatic rings. The second-order valence-electron chi connectivity index (χ2n) is 6.20. The Morgan fingerprint density at radius 2 is 2.20 bits per heavy atom. The highest BCUT2D eigenvalue weighted by Crippen LogP contribution is 2.44. The predicted molar refractivity (Wildman–Crippen MR) is 92.0 cm³/mol. The maximum atomic E-state index is 14.6. The normalized spacial score (nSPS) is 15.4. The Hall–Kier alpha value is -2.32. The van der Waals surface area contributed by atoms with Gasteiger partial charge in [0.2, 0.25) is 5.43 Å². The van der Waals surface area contributed by atoms with Crippen molar-refractivity contribution < 1.29 is 19.0 Å². The van der Waals surface area contributed by atoms with E-state index in [1.54, 1.807) is 11.5 Å². The van der Waals surface area contributed by atoms with E-state index >= 15 is 0 Å². The second kappa shape index (κ2) is 6.20. The van der Waals surface area contributed by atoms with Crippen LogP contribution in [0.5, 0.6) is 5.75 Å². The molecule has 1 aromatic carbocycles. The third kappa shape index (κ3) is 2.91. The van der Waals surface area contributed by atoms with Crippen LogP contribution >= 0.6 is 11.6 Å². The minimum absolute atomic E-state index is 0.00244. The minimum Gasteiger partial charge on any atom is -0.487 e. The van der Waals surface area contributed by atoms with Gasteiger partial charge in [-0.2, -0.15) is 0 Å². The molecule has 1 heterocycles. The Morgan fingerprint density at radius 1 is 1.56 bits per heavy atom. The summed E-state index contributed by atoms with van der Waals surface area (Å²) in [4.78, 5) is 23.9. The highest BCUT2D eigenvalue weighted by Gasteiger charge is 2.31. The first-order valence-corrected chi connectivity index (χ1v) is 8.08. The van der Waals surface area contributed by atoms with Crippen LogP contribution in [0.3, 0.4) is 0 Å². The molecule has 0 amide bonds. The molecule has 0 saturated heterocycles. The summed E-state index contributed by atoms with van der Waals surface area (Å²) < 4.78 is 21.5. The average Bonchev–Trinajstić information content (AvgIpc) is 3.36. The van der Waals surface area contributed by atoms with Gasteiger partial charge in [0, 0.05) is 18.3 Å². The molecule has 0 bridgehead atoms. The Balaban J connectivity index is 2.38. The van der Waals surface area contributed by atoms with Crippen LogP contribution in [0.1, 0.15) is 36.2 Å². The zero-order chi connectivity index (χ0) is 18.5. The van der Waals surface area contributed by atoms with Crippen molar-refractivity contribution in [1.82, 2.24) is 4.57 Å². The number of ether oxygens (including phenoxy) is 1. The lowest BCUT2D eigenvalue weighted by Gasteiger charge is -2.18. The Kier molecular flexibility index (Phi) is 4.34. The number of nitrogens with two attached hydrogens (primary N) is 2. The van der Waals surface area contributed by atoms with Crippen molar-refractivity contribution in [3.05, 3.63) is 32.8 Å². The van der Waals surface area contributed by atoms with Crippen LogP contribution in [-0.2, 0) is 0 Å². The maximum Gasteiger partial charge on any atom is 0.341 e. The highest BCUT2D eigenvalue weighted by molar-refractivity contribution is 6.37. The summed E-state index contributed by atoms with van der Waals surface area (Å²) in [6.07, 6.45) is 2.81. The van der Waals surface area contributed by atoms with E-state index in [9.17, 15) is 19.1 Å². The van der Waals surface area contributed by atoms with E-state index in [1.165, 1.54) is 6.20 Å². The standard InChI is InChI=1S/C16H17ClFN3O4/c1-6(19)5-25-15-10(17)13-9(12(20)11(15)18)14(22)8(16(23)24)4-21(13)7-2-3-7/h4,6-7H,2-3,5,19-20H2,1H3,(H,23,24). The number of benzene rings is 1. The quantitative estimate of drug-likeness (QED) is 0.694. The van der Waals surface area contributed by atoms with Crippen LogP contribution in [-0.4, -0.2) is 28.3 Å². The molecule has 9 heteroatoms. The van der Waals surface area contributed by atoms with E-state index in [4.69, 9.17) is 27.8 Å². The first kappa shape index (κ1) is 17.5. The van der Waals surface area contributed by atoms with Crippen molar-refractivity contribution in [2.75, 3.05) is 12.3 Å². The van der Waals surface area contributed by atoms with Crippen LogP contribution in [0.15, 0.2) is 11.0 Å². The molecule has 134 valence electrons. The SMILES string of the molecule is CC(N)COc1c(F)c(N)c2c(=O)c(C(=O)O)cn(C3CC3)c2c1Cl. The summed E-state index contributed by atoms with van der Waals surface area (Å²) in [6.45, 7) is 1.68. The van der Waals surface area contributed by atoms with E-state index in [2.05, 4.69) is 0 Å². The molecular formula is C16H17ClFN3O4. The number of carboxylic acids is 1. The second-order valence-corrected chi connectivity index (χ2v) is 6.58. The van der Waals surface area contributed by atoms with Crippen molar-refractivity contribution in [1.29, 1.82) is 0 Å². The molecule has 1 aliphatic carbocycles. The van der Waals surface area contributed by atoms with Crippen molar-refractivity contribution in [3.63, 3.8) is 0 Å². The molecule has 1 unspecified atom stereocenters. The number of rotatable bonds is 5. The number of fused-ring (bicyclic) bond motifs is 1. The lowest BCUT2D eigenvalue weighted by Crippen LogP contribution is -2.25. The summed E-state index contributed by atoms with van der Waals surface area (Å²) in [5.74, 6) is -2.70. The topological polar surface area (TPSA) is 121 Å². The van der Waals surface area contributed by atoms with Gasteiger partial charge in [0.05, 0.1) is 16.6 Å².